The van der Waals surface area contributed by atoms with Crippen LogP contribution in [0.4, 0.5) is 11.4 Å². The second-order valence-corrected chi connectivity index (χ2v) is 5.07. The second kappa shape index (κ2) is 6.23. The van der Waals surface area contributed by atoms with Crippen LogP contribution >= 0.6 is 0 Å². The van der Waals surface area contributed by atoms with Gasteiger partial charge in [0.15, 0.2) is 5.78 Å². The Labute approximate surface area is 133 Å². The number of ketones is 1. The summed E-state index contributed by atoms with van der Waals surface area (Å²) in [6.45, 7) is 0. The number of phenolic OH excluding ortho intramolecular Hbond substituents is 2. The Morgan fingerprint density at radius 3 is 2.17 bits per heavy atom. The van der Waals surface area contributed by atoms with Crippen molar-refractivity contribution in [3.63, 3.8) is 0 Å². The van der Waals surface area contributed by atoms with E-state index < -0.39 is 0 Å². The Balaban J connectivity index is 1.87. The molecule has 0 spiro atoms. The summed E-state index contributed by atoms with van der Waals surface area (Å²) in [5.74, 6) is -0.243. The topological polar surface area (TPSA) is 69.6 Å². The normalized spacial score (nSPS) is 10.3. The molecule has 3 aromatic carbocycles. The third-order valence-corrected chi connectivity index (χ3v) is 3.46. The van der Waals surface area contributed by atoms with E-state index in [1.165, 1.54) is 6.07 Å². The summed E-state index contributed by atoms with van der Waals surface area (Å²) in [5.41, 5.74) is 1.85. The largest absolute Gasteiger partial charge is 0.507 e. The number of benzene rings is 3. The summed E-state index contributed by atoms with van der Waals surface area (Å²) in [5, 5.41) is 22.9. The van der Waals surface area contributed by atoms with Gasteiger partial charge in [-0.25, -0.2) is 0 Å². The van der Waals surface area contributed by atoms with E-state index in [1.54, 1.807) is 60.7 Å². The van der Waals surface area contributed by atoms with Crippen molar-refractivity contribution in [2.45, 2.75) is 0 Å². The van der Waals surface area contributed by atoms with E-state index in [1.807, 2.05) is 6.07 Å². The minimum atomic E-state index is -0.239. The number of carbonyl (C=O) groups excluding carboxylic acids is 1. The number of hydrogen-bond acceptors (Lipinski definition) is 4. The maximum atomic E-state index is 12.4. The molecule has 0 saturated carbocycles. The molecule has 114 valence electrons. The highest BCUT2D eigenvalue weighted by Crippen LogP contribution is 2.29. The summed E-state index contributed by atoms with van der Waals surface area (Å²) >= 11 is 0. The molecule has 0 amide bonds. The van der Waals surface area contributed by atoms with Gasteiger partial charge >= 0.3 is 0 Å². The molecule has 0 heterocycles. The maximum absolute atomic E-state index is 12.4. The zero-order valence-corrected chi connectivity index (χ0v) is 12.2. The quantitative estimate of drug-likeness (QED) is 0.502. The van der Waals surface area contributed by atoms with Gasteiger partial charge in [0.2, 0.25) is 0 Å². The number of anilines is 2. The van der Waals surface area contributed by atoms with Crippen LogP contribution in [0.5, 0.6) is 11.5 Å². The van der Waals surface area contributed by atoms with Crippen LogP contribution in [0.25, 0.3) is 0 Å². The number of aromatic hydroxyl groups is 2. The number of rotatable bonds is 4. The number of para-hydroxylation sites is 2. The van der Waals surface area contributed by atoms with Crippen LogP contribution in [0.15, 0.2) is 72.8 Å². The fraction of sp³-hybridized carbons (Fsp3) is 0. The third-order valence-electron chi connectivity index (χ3n) is 3.46. The molecule has 4 nitrogen and oxygen atoms in total. The van der Waals surface area contributed by atoms with Crippen LogP contribution in [0.1, 0.15) is 15.9 Å². The summed E-state index contributed by atoms with van der Waals surface area (Å²) in [6, 6.07) is 20.3. The zero-order chi connectivity index (χ0) is 16.2. The highest BCUT2D eigenvalue weighted by molar-refractivity contribution is 6.10. The Morgan fingerprint density at radius 1 is 0.783 bits per heavy atom. The predicted octanol–water partition coefficient (Wildman–Crippen LogP) is 4.07. The van der Waals surface area contributed by atoms with Gasteiger partial charge in [-0.15, -0.1) is 0 Å². The molecule has 0 aliphatic rings. The SMILES string of the molecule is O=C(c1ccccc1)c1ccc(Nc2ccccc2O)cc1O. The molecule has 4 heteroatoms. The first-order chi connectivity index (χ1) is 11.1. The van der Waals surface area contributed by atoms with Crippen molar-refractivity contribution in [2.75, 3.05) is 5.32 Å². The number of nitrogens with one attached hydrogen (secondary N) is 1. The standard InChI is InChI=1S/C19H15NO3/c21-17-9-5-4-8-16(17)20-14-10-11-15(18(22)12-14)19(23)13-6-2-1-3-7-13/h1-12,20-22H. The minimum Gasteiger partial charge on any atom is -0.507 e. The van der Waals surface area contributed by atoms with E-state index in [9.17, 15) is 15.0 Å². The molecule has 0 atom stereocenters. The first-order valence-electron chi connectivity index (χ1n) is 7.13. The third kappa shape index (κ3) is 3.16. The molecule has 3 N–H and O–H groups in total. The van der Waals surface area contributed by atoms with E-state index >= 15 is 0 Å². The van der Waals surface area contributed by atoms with Crippen molar-refractivity contribution in [1.29, 1.82) is 0 Å². The number of hydrogen-bond donors (Lipinski definition) is 3. The molecular formula is C19H15NO3. The minimum absolute atomic E-state index is 0.108. The fourth-order valence-corrected chi connectivity index (χ4v) is 2.28. The smallest absolute Gasteiger partial charge is 0.196 e. The molecule has 0 bridgehead atoms. The van der Waals surface area contributed by atoms with Gasteiger partial charge < -0.3 is 15.5 Å². The molecule has 0 aromatic heterocycles. The van der Waals surface area contributed by atoms with Crippen LogP contribution in [0.2, 0.25) is 0 Å². The first-order valence-corrected chi connectivity index (χ1v) is 7.13. The van der Waals surface area contributed by atoms with Gasteiger partial charge in [0.25, 0.3) is 0 Å². The number of carbonyl (C=O) groups is 1. The van der Waals surface area contributed by atoms with Crippen molar-refractivity contribution in [1.82, 2.24) is 0 Å². The summed E-state index contributed by atoms with van der Waals surface area (Å²) in [7, 11) is 0. The molecule has 0 aliphatic heterocycles. The van der Waals surface area contributed by atoms with Gasteiger partial charge in [-0.3, -0.25) is 4.79 Å². The predicted molar refractivity (Wildman–Crippen MR) is 89.4 cm³/mol. The Morgan fingerprint density at radius 2 is 1.48 bits per heavy atom. The Bertz CT molecular complexity index is 844. The molecule has 23 heavy (non-hydrogen) atoms. The van der Waals surface area contributed by atoms with Crippen molar-refractivity contribution in [3.8, 4) is 11.5 Å². The average Bonchev–Trinajstić information content (AvgIpc) is 2.57. The van der Waals surface area contributed by atoms with Gasteiger partial charge in [0, 0.05) is 17.3 Å². The van der Waals surface area contributed by atoms with Crippen molar-refractivity contribution in [2.24, 2.45) is 0 Å². The van der Waals surface area contributed by atoms with Crippen molar-refractivity contribution >= 4 is 17.2 Å². The molecular weight excluding hydrogens is 290 g/mol. The van der Waals surface area contributed by atoms with E-state index in [-0.39, 0.29) is 22.8 Å². The van der Waals surface area contributed by atoms with Crippen LogP contribution in [-0.2, 0) is 0 Å². The average molecular weight is 305 g/mol. The van der Waals surface area contributed by atoms with Gasteiger partial charge in [-0.05, 0) is 24.3 Å². The van der Waals surface area contributed by atoms with Gasteiger partial charge in [0.05, 0.1) is 11.3 Å². The van der Waals surface area contributed by atoms with E-state index in [4.69, 9.17) is 0 Å². The summed E-state index contributed by atoms with van der Waals surface area (Å²) in [4.78, 5) is 12.4. The molecule has 0 radical (unpaired) electrons. The lowest BCUT2D eigenvalue weighted by Crippen LogP contribution is -2.02. The molecule has 0 fully saturated rings. The fourth-order valence-electron chi connectivity index (χ4n) is 2.28. The van der Waals surface area contributed by atoms with Gasteiger partial charge in [-0.2, -0.15) is 0 Å². The molecule has 0 unspecified atom stereocenters. The van der Waals surface area contributed by atoms with E-state index in [0.29, 0.717) is 16.9 Å². The Hall–Kier alpha value is -3.27. The lowest BCUT2D eigenvalue weighted by atomic mass is 10.0. The summed E-state index contributed by atoms with van der Waals surface area (Å²) < 4.78 is 0. The highest BCUT2D eigenvalue weighted by Gasteiger charge is 2.14. The van der Waals surface area contributed by atoms with E-state index in [0.717, 1.165) is 0 Å². The van der Waals surface area contributed by atoms with Crippen molar-refractivity contribution < 1.29 is 15.0 Å². The lowest BCUT2D eigenvalue weighted by Gasteiger charge is -2.10. The molecule has 0 aliphatic carbocycles. The molecule has 3 aromatic rings. The number of phenols is 2. The molecule has 3 rings (SSSR count). The molecule has 0 saturated heterocycles. The lowest BCUT2D eigenvalue weighted by molar-refractivity contribution is 0.103. The van der Waals surface area contributed by atoms with Gasteiger partial charge in [-0.1, -0.05) is 42.5 Å². The zero-order valence-electron chi connectivity index (χ0n) is 12.2. The maximum Gasteiger partial charge on any atom is 0.196 e. The van der Waals surface area contributed by atoms with Crippen LogP contribution < -0.4 is 5.32 Å². The van der Waals surface area contributed by atoms with Gasteiger partial charge in [0.1, 0.15) is 11.5 Å². The van der Waals surface area contributed by atoms with E-state index in [2.05, 4.69) is 5.32 Å². The first kappa shape index (κ1) is 14.7. The monoisotopic (exact) mass is 305 g/mol. The highest BCUT2D eigenvalue weighted by atomic mass is 16.3. The second-order valence-electron chi connectivity index (χ2n) is 5.07. The van der Waals surface area contributed by atoms with Crippen LogP contribution in [0.3, 0.4) is 0 Å². The van der Waals surface area contributed by atoms with Crippen molar-refractivity contribution in [3.05, 3.63) is 83.9 Å². The Kier molecular flexibility index (Phi) is 3.97. The summed E-state index contributed by atoms with van der Waals surface area (Å²) in [6.07, 6.45) is 0. The van der Waals surface area contributed by atoms with Crippen LogP contribution in [0, 0.1) is 0 Å². The van der Waals surface area contributed by atoms with Crippen LogP contribution in [-0.4, -0.2) is 16.0 Å².